The highest BCUT2D eigenvalue weighted by molar-refractivity contribution is 5.17. The van der Waals surface area contributed by atoms with E-state index in [1.807, 2.05) is 0 Å². The molecule has 5 unspecified atom stereocenters. The molecule has 104 valence electrons. The van der Waals surface area contributed by atoms with Crippen LogP contribution in [0.1, 0.15) is 33.6 Å². The summed E-state index contributed by atoms with van der Waals surface area (Å²) in [5, 5.41) is 29.5. The Bertz CT molecular complexity index is 335. The Morgan fingerprint density at radius 2 is 1.83 bits per heavy atom. The monoisotopic (exact) mass is 254 g/mol. The van der Waals surface area contributed by atoms with Crippen molar-refractivity contribution in [2.45, 2.75) is 39.7 Å². The molecule has 3 heteroatoms. The Labute approximate surface area is 110 Å². The zero-order valence-electron chi connectivity index (χ0n) is 11.6. The molecule has 2 aliphatic carbocycles. The highest BCUT2D eigenvalue weighted by atomic mass is 16.3. The predicted molar refractivity (Wildman–Crippen MR) is 70.9 cm³/mol. The summed E-state index contributed by atoms with van der Waals surface area (Å²) in [6.07, 6.45) is 3.68. The van der Waals surface area contributed by atoms with Gasteiger partial charge >= 0.3 is 0 Å². The van der Waals surface area contributed by atoms with E-state index in [4.69, 9.17) is 0 Å². The molecule has 0 aromatic rings. The molecule has 2 aliphatic rings. The van der Waals surface area contributed by atoms with Crippen LogP contribution in [0.5, 0.6) is 0 Å². The lowest BCUT2D eigenvalue weighted by Gasteiger charge is -2.29. The average Bonchev–Trinajstić information content (AvgIpc) is 2.60. The Balaban J connectivity index is 2.33. The SMILES string of the molecule is CC1C=C(CO)C(CO)C(O)C2CC(C)(C)CC12. The lowest BCUT2D eigenvalue weighted by molar-refractivity contribution is 0.0187. The van der Waals surface area contributed by atoms with Crippen LogP contribution in [-0.4, -0.2) is 34.6 Å². The average molecular weight is 254 g/mol. The molecule has 1 saturated carbocycles. The summed E-state index contributed by atoms with van der Waals surface area (Å²) in [7, 11) is 0. The molecular weight excluding hydrogens is 228 g/mol. The van der Waals surface area contributed by atoms with E-state index in [0.29, 0.717) is 11.8 Å². The van der Waals surface area contributed by atoms with Gasteiger partial charge in [0.05, 0.1) is 19.3 Å². The smallest absolute Gasteiger partial charge is 0.0659 e. The number of rotatable bonds is 2. The van der Waals surface area contributed by atoms with E-state index >= 15 is 0 Å². The first-order valence-electron chi connectivity index (χ1n) is 7.00. The fraction of sp³-hybridized carbons (Fsp3) is 0.867. The Kier molecular flexibility index (Phi) is 3.86. The van der Waals surface area contributed by atoms with E-state index in [-0.39, 0.29) is 30.5 Å². The van der Waals surface area contributed by atoms with Crippen LogP contribution in [0, 0.1) is 29.1 Å². The van der Waals surface area contributed by atoms with E-state index in [1.54, 1.807) is 0 Å². The minimum atomic E-state index is -0.523. The fourth-order valence-corrected chi connectivity index (χ4v) is 4.11. The molecule has 0 amide bonds. The van der Waals surface area contributed by atoms with Gasteiger partial charge in [-0.2, -0.15) is 0 Å². The zero-order chi connectivity index (χ0) is 13.5. The van der Waals surface area contributed by atoms with Gasteiger partial charge in [0.1, 0.15) is 0 Å². The van der Waals surface area contributed by atoms with Gasteiger partial charge in [-0.15, -0.1) is 0 Å². The van der Waals surface area contributed by atoms with Crippen LogP contribution in [0.15, 0.2) is 11.6 Å². The molecule has 0 aromatic carbocycles. The van der Waals surface area contributed by atoms with E-state index in [2.05, 4.69) is 26.8 Å². The highest BCUT2D eigenvalue weighted by Gasteiger charge is 2.47. The van der Waals surface area contributed by atoms with Gasteiger partial charge < -0.3 is 15.3 Å². The summed E-state index contributed by atoms with van der Waals surface area (Å²) in [5.74, 6) is 0.784. The topological polar surface area (TPSA) is 60.7 Å². The van der Waals surface area contributed by atoms with Crippen LogP contribution < -0.4 is 0 Å². The fourth-order valence-electron chi connectivity index (χ4n) is 4.11. The number of hydrogen-bond donors (Lipinski definition) is 3. The maximum absolute atomic E-state index is 10.6. The molecule has 0 aromatic heterocycles. The van der Waals surface area contributed by atoms with Crippen molar-refractivity contribution in [1.82, 2.24) is 0 Å². The molecule has 0 radical (unpaired) electrons. The van der Waals surface area contributed by atoms with Gasteiger partial charge in [0.15, 0.2) is 0 Å². The normalized spacial score (nSPS) is 43.2. The number of aliphatic hydroxyl groups excluding tert-OH is 3. The summed E-state index contributed by atoms with van der Waals surface area (Å²) in [5.41, 5.74) is 1.08. The van der Waals surface area contributed by atoms with Crippen molar-refractivity contribution in [1.29, 1.82) is 0 Å². The van der Waals surface area contributed by atoms with Gasteiger partial charge in [0.2, 0.25) is 0 Å². The van der Waals surface area contributed by atoms with Crippen molar-refractivity contribution < 1.29 is 15.3 Å². The molecule has 1 fully saturated rings. The molecule has 3 N–H and O–H groups in total. The molecule has 2 rings (SSSR count). The number of fused-ring (bicyclic) bond motifs is 1. The Morgan fingerprint density at radius 1 is 1.22 bits per heavy atom. The summed E-state index contributed by atoms with van der Waals surface area (Å²) < 4.78 is 0. The van der Waals surface area contributed by atoms with Gasteiger partial charge in [0, 0.05) is 5.92 Å². The molecule has 0 bridgehead atoms. The number of aliphatic hydroxyl groups is 3. The Morgan fingerprint density at radius 3 is 2.39 bits per heavy atom. The summed E-state index contributed by atoms with van der Waals surface area (Å²) in [6.45, 7) is 6.54. The summed E-state index contributed by atoms with van der Waals surface area (Å²) >= 11 is 0. The van der Waals surface area contributed by atoms with Crippen LogP contribution in [0.2, 0.25) is 0 Å². The van der Waals surface area contributed by atoms with Gasteiger partial charge in [-0.05, 0) is 41.6 Å². The standard InChI is InChI=1S/C15H26O3/c1-9-4-10(7-16)13(8-17)14(18)12-6-15(2,3)5-11(9)12/h4,9,11-14,16-18H,5-8H2,1-3H3. The summed E-state index contributed by atoms with van der Waals surface area (Å²) in [4.78, 5) is 0. The number of allylic oxidation sites excluding steroid dienone is 1. The van der Waals surface area contributed by atoms with E-state index in [9.17, 15) is 15.3 Å². The maximum atomic E-state index is 10.6. The van der Waals surface area contributed by atoms with Crippen LogP contribution in [0.3, 0.4) is 0 Å². The van der Waals surface area contributed by atoms with Gasteiger partial charge in [-0.1, -0.05) is 26.8 Å². The zero-order valence-corrected chi connectivity index (χ0v) is 11.6. The summed E-state index contributed by atoms with van der Waals surface area (Å²) in [6, 6.07) is 0. The molecule has 5 atom stereocenters. The van der Waals surface area contributed by atoms with Gasteiger partial charge in [-0.25, -0.2) is 0 Å². The van der Waals surface area contributed by atoms with E-state index < -0.39 is 6.10 Å². The molecule has 0 saturated heterocycles. The van der Waals surface area contributed by atoms with Crippen molar-refractivity contribution in [3.8, 4) is 0 Å². The minimum Gasteiger partial charge on any atom is -0.396 e. The second kappa shape index (κ2) is 4.95. The molecule has 0 heterocycles. The molecule has 0 aliphatic heterocycles. The van der Waals surface area contributed by atoms with Crippen molar-refractivity contribution >= 4 is 0 Å². The Hall–Kier alpha value is -0.380. The first-order chi connectivity index (χ1) is 8.39. The van der Waals surface area contributed by atoms with Gasteiger partial charge in [0.25, 0.3) is 0 Å². The van der Waals surface area contributed by atoms with Crippen molar-refractivity contribution in [2.75, 3.05) is 13.2 Å². The minimum absolute atomic E-state index is 0.0601. The third kappa shape index (κ3) is 2.36. The van der Waals surface area contributed by atoms with Gasteiger partial charge in [-0.3, -0.25) is 0 Å². The largest absolute Gasteiger partial charge is 0.396 e. The molecule has 18 heavy (non-hydrogen) atoms. The maximum Gasteiger partial charge on any atom is 0.0659 e. The highest BCUT2D eigenvalue weighted by Crippen LogP contribution is 2.52. The molecule has 0 spiro atoms. The lowest BCUT2D eigenvalue weighted by atomic mass is 9.81. The molecule has 3 nitrogen and oxygen atoms in total. The first-order valence-corrected chi connectivity index (χ1v) is 7.00. The number of hydrogen-bond acceptors (Lipinski definition) is 3. The lowest BCUT2D eigenvalue weighted by Crippen LogP contribution is -2.34. The third-order valence-electron chi connectivity index (χ3n) is 4.99. The predicted octanol–water partition coefficient (Wildman–Crippen LogP) is 1.58. The molecular formula is C15H26O3. The van der Waals surface area contributed by atoms with Crippen LogP contribution in [0.4, 0.5) is 0 Å². The van der Waals surface area contributed by atoms with Crippen molar-refractivity contribution in [3.05, 3.63) is 11.6 Å². The van der Waals surface area contributed by atoms with Crippen LogP contribution >= 0.6 is 0 Å². The van der Waals surface area contributed by atoms with E-state index in [1.165, 1.54) is 0 Å². The van der Waals surface area contributed by atoms with Crippen molar-refractivity contribution in [2.24, 2.45) is 29.1 Å². The quantitative estimate of drug-likeness (QED) is 0.656. The second-order valence-electron chi connectivity index (χ2n) is 6.94. The van der Waals surface area contributed by atoms with Crippen LogP contribution in [0.25, 0.3) is 0 Å². The van der Waals surface area contributed by atoms with Crippen LogP contribution in [-0.2, 0) is 0 Å². The first kappa shape index (κ1) is 14.0. The van der Waals surface area contributed by atoms with Crippen molar-refractivity contribution in [3.63, 3.8) is 0 Å². The third-order valence-corrected chi connectivity index (χ3v) is 4.99. The van der Waals surface area contributed by atoms with E-state index in [0.717, 1.165) is 18.4 Å². The second-order valence-corrected chi connectivity index (χ2v) is 6.94.